The monoisotopic (exact) mass is 306 g/mol. The Balaban J connectivity index is 2.11. The molecule has 5 nitrogen and oxygen atoms in total. The Morgan fingerprint density at radius 2 is 1.95 bits per heavy atom. The molecule has 2 aromatic rings. The van der Waals surface area contributed by atoms with E-state index >= 15 is 0 Å². The maximum Gasteiger partial charge on any atom is 0.274 e. The Hall–Kier alpha value is -2.57. The molecule has 1 amide bonds. The van der Waals surface area contributed by atoms with E-state index in [1.807, 2.05) is 0 Å². The Morgan fingerprint density at radius 1 is 1.23 bits per heavy atom. The van der Waals surface area contributed by atoms with Crippen molar-refractivity contribution in [3.63, 3.8) is 0 Å². The molecular weight excluding hydrogens is 290 g/mol. The lowest BCUT2D eigenvalue weighted by Crippen LogP contribution is -2.17. The molecule has 0 aliphatic heterocycles. The van der Waals surface area contributed by atoms with Crippen LogP contribution in [0.25, 0.3) is 0 Å². The van der Waals surface area contributed by atoms with E-state index in [1.54, 1.807) is 0 Å². The zero-order chi connectivity index (χ0) is 15.9. The fourth-order valence-electron chi connectivity index (χ4n) is 1.74. The Kier molecular flexibility index (Phi) is 5.35. The molecule has 0 fully saturated rings. The van der Waals surface area contributed by atoms with Gasteiger partial charge in [-0.2, -0.15) is 0 Å². The van der Waals surface area contributed by atoms with Crippen LogP contribution in [0.2, 0.25) is 0 Å². The van der Waals surface area contributed by atoms with Crippen molar-refractivity contribution in [3.05, 3.63) is 47.8 Å². The summed E-state index contributed by atoms with van der Waals surface area (Å²) in [5.74, 6) is -2.09. The number of aromatic nitrogens is 2. The van der Waals surface area contributed by atoms with Crippen LogP contribution in [0.5, 0.6) is 0 Å². The number of nitrogens with one attached hydrogen (secondary N) is 2. The second-order valence-electron chi connectivity index (χ2n) is 4.60. The molecule has 1 aromatic heterocycles. The highest BCUT2D eigenvalue weighted by Gasteiger charge is 2.14. The van der Waals surface area contributed by atoms with Crippen molar-refractivity contribution in [2.75, 3.05) is 17.2 Å². The molecule has 1 heterocycles. The van der Waals surface area contributed by atoms with Crippen LogP contribution in [-0.4, -0.2) is 22.4 Å². The summed E-state index contributed by atoms with van der Waals surface area (Å²) in [5, 5.41) is 5.16. The van der Waals surface area contributed by atoms with Crippen molar-refractivity contribution >= 4 is 17.5 Å². The van der Waals surface area contributed by atoms with Crippen molar-refractivity contribution < 1.29 is 13.6 Å². The zero-order valence-electron chi connectivity index (χ0n) is 12.1. The minimum atomic E-state index is -0.844. The normalized spacial score (nSPS) is 10.3. The van der Waals surface area contributed by atoms with Gasteiger partial charge in [-0.15, -0.1) is 0 Å². The van der Waals surface area contributed by atoms with Gasteiger partial charge in [0.05, 0.1) is 0 Å². The summed E-state index contributed by atoms with van der Waals surface area (Å²) >= 11 is 0. The average Bonchev–Trinajstić information content (AvgIpc) is 2.51. The van der Waals surface area contributed by atoms with Gasteiger partial charge in [-0.3, -0.25) is 4.79 Å². The summed E-state index contributed by atoms with van der Waals surface area (Å²) in [6, 6.07) is 4.73. The first-order chi connectivity index (χ1) is 10.6. The van der Waals surface area contributed by atoms with Crippen LogP contribution >= 0.6 is 0 Å². The van der Waals surface area contributed by atoms with Crippen molar-refractivity contribution in [1.82, 2.24) is 9.97 Å². The van der Waals surface area contributed by atoms with Crippen molar-refractivity contribution in [2.45, 2.75) is 19.8 Å². The van der Waals surface area contributed by atoms with Gasteiger partial charge in [0.15, 0.2) is 0 Å². The molecular formula is C15H16F2N4O. The first-order valence-corrected chi connectivity index (χ1v) is 6.94. The number of unbranched alkanes of at least 4 members (excludes halogenated alkanes) is 1. The number of benzene rings is 1. The summed E-state index contributed by atoms with van der Waals surface area (Å²) in [7, 11) is 0. The van der Waals surface area contributed by atoms with Gasteiger partial charge in [0.25, 0.3) is 5.91 Å². The van der Waals surface area contributed by atoms with Gasteiger partial charge in [-0.25, -0.2) is 18.7 Å². The SMILES string of the molecule is CCCCNc1nccc(C(=O)Nc2c(F)cccc2F)n1. The second-order valence-corrected chi connectivity index (χ2v) is 4.60. The summed E-state index contributed by atoms with van der Waals surface area (Å²) in [6.45, 7) is 2.73. The Labute approximate surface area is 126 Å². The van der Waals surface area contributed by atoms with E-state index in [1.165, 1.54) is 18.3 Å². The highest BCUT2D eigenvalue weighted by atomic mass is 19.1. The molecule has 0 radical (unpaired) electrons. The van der Waals surface area contributed by atoms with E-state index in [4.69, 9.17) is 0 Å². The second kappa shape index (κ2) is 7.44. The van der Waals surface area contributed by atoms with Gasteiger partial charge in [-0.1, -0.05) is 19.4 Å². The van der Waals surface area contributed by atoms with Crippen LogP contribution in [0.1, 0.15) is 30.3 Å². The molecule has 1 aromatic carbocycles. The number of hydrogen-bond donors (Lipinski definition) is 2. The number of carbonyl (C=O) groups excluding carboxylic acids is 1. The largest absolute Gasteiger partial charge is 0.354 e. The van der Waals surface area contributed by atoms with Crippen molar-refractivity contribution in [2.24, 2.45) is 0 Å². The molecule has 116 valence electrons. The van der Waals surface area contributed by atoms with Gasteiger partial charge < -0.3 is 10.6 Å². The van der Waals surface area contributed by atoms with E-state index in [-0.39, 0.29) is 5.69 Å². The summed E-state index contributed by atoms with van der Waals surface area (Å²) in [5.41, 5.74) is -0.469. The molecule has 0 aliphatic rings. The van der Waals surface area contributed by atoms with Gasteiger partial charge in [0.1, 0.15) is 23.0 Å². The third-order valence-corrected chi connectivity index (χ3v) is 2.90. The van der Waals surface area contributed by atoms with Crippen LogP contribution in [-0.2, 0) is 0 Å². The fourth-order valence-corrected chi connectivity index (χ4v) is 1.74. The van der Waals surface area contributed by atoms with Gasteiger partial charge in [-0.05, 0) is 24.6 Å². The molecule has 0 saturated heterocycles. The van der Waals surface area contributed by atoms with E-state index in [9.17, 15) is 13.6 Å². The third-order valence-electron chi connectivity index (χ3n) is 2.90. The molecule has 0 bridgehead atoms. The number of rotatable bonds is 6. The summed E-state index contributed by atoms with van der Waals surface area (Å²) in [6.07, 6.45) is 3.37. The molecule has 22 heavy (non-hydrogen) atoms. The first kappa shape index (κ1) is 15.8. The number of carbonyl (C=O) groups is 1. The number of halogens is 2. The van der Waals surface area contributed by atoms with Crippen LogP contribution in [0.3, 0.4) is 0 Å². The van der Waals surface area contributed by atoms with E-state index < -0.39 is 23.2 Å². The Bertz CT molecular complexity index is 643. The lowest BCUT2D eigenvalue weighted by Gasteiger charge is -2.08. The molecule has 0 atom stereocenters. The molecule has 0 aliphatic carbocycles. The van der Waals surface area contributed by atoms with Crippen molar-refractivity contribution in [3.8, 4) is 0 Å². The fraction of sp³-hybridized carbons (Fsp3) is 0.267. The quantitative estimate of drug-likeness (QED) is 0.804. The van der Waals surface area contributed by atoms with Gasteiger partial charge in [0.2, 0.25) is 5.95 Å². The van der Waals surface area contributed by atoms with E-state index in [2.05, 4.69) is 27.5 Å². The van der Waals surface area contributed by atoms with Gasteiger partial charge in [0, 0.05) is 12.7 Å². The molecule has 0 spiro atoms. The van der Waals surface area contributed by atoms with Crippen LogP contribution in [0.15, 0.2) is 30.5 Å². The minimum absolute atomic E-state index is 0.0247. The van der Waals surface area contributed by atoms with Gasteiger partial charge >= 0.3 is 0 Å². The minimum Gasteiger partial charge on any atom is -0.354 e. The lowest BCUT2D eigenvalue weighted by molar-refractivity contribution is 0.102. The topological polar surface area (TPSA) is 66.9 Å². The predicted octanol–water partition coefficient (Wildman–Crippen LogP) is 3.22. The summed E-state index contributed by atoms with van der Waals surface area (Å²) < 4.78 is 27.0. The maximum absolute atomic E-state index is 13.5. The zero-order valence-corrected chi connectivity index (χ0v) is 12.1. The highest BCUT2D eigenvalue weighted by molar-refractivity contribution is 6.03. The third kappa shape index (κ3) is 3.97. The van der Waals surface area contributed by atoms with Crippen LogP contribution in [0.4, 0.5) is 20.4 Å². The molecule has 0 saturated carbocycles. The standard InChI is InChI=1S/C15H16F2N4O/c1-2-3-8-18-15-19-9-7-12(20-15)14(22)21-13-10(16)5-4-6-11(13)17/h4-7,9H,2-3,8H2,1H3,(H,21,22)(H,18,19,20). The lowest BCUT2D eigenvalue weighted by atomic mass is 10.2. The molecule has 0 unspecified atom stereocenters. The first-order valence-electron chi connectivity index (χ1n) is 6.94. The van der Waals surface area contributed by atoms with Crippen LogP contribution < -0.4 is 10.6 Å². The number of anilines is 2. The molecule has 2 rings (SSSR count). The summed E-state index contributed by atoms with van der Waals surface area (Å²) in [4.78, 5) is 20.0. The number of amides is 1. The van der Waals surface area contributed by atoms with E-state index in [0.717, 1.165) is 25.0 Å². The van der Waals surface area contributed by atoms with E-state index in [0.29, 0.717) is 12.5 Å². The highest BCUT2D eigenvalue weighted by Crippen LogP contribution is 2.18. The maximum atomic E-state index is 13.5. The predicted molar refractivity (Wildman–Crippen MR) is 79.7 cm³/mol. The Morgan fingerprint density at radius 3 is 2.64 bits per heavy atom. The average molecular weight is 306 g/mol. The number of hydrogen-bond acceptors (Lipinski definition) is 4. The van der Waals surface area contributed by atoms with Crippen molar-refractivity contribution in [1.29, 1.82) is 0 Å². The van der Waals surface area contributed by atoms with Crippen LogP contribution in [0, 0.1) is 11.6 Å². The number of nitrogens with zero attached hydrogens (tertiary/aromatic N) is 2. The number of para-hydroxylation sites is 1. The smallest absolute Gasteiger partial charge is 0.274 e. The molecule has 2 N–H and O–H groups in total. The molecule has 7 heteroatoms.